The molecule has 0 radical (unpaired) electrons. The Morgan fingerprint density at radius 2 is 1.95 bits per heavy atom. The van der Waals surface area contributed by atoms with E-state index in [0.29, 0.717) is 17.2 Å². The molecule has 2 atom stereocenters. The maximum atomic E-state index is 12.3. The average molecular weight is 257 g/mol. The van der Waals surface area contributed by atoms with Crippen LogP contribution < -0.4 is 0 Å². The number of likely N-dealkylation sites (tertiary alicyclic amines) is 1. The molecule has 0 N–H and O–H groups in total. The third-order valence-electron chi connectivity index (χ3n) is 5.39. The predicted molar refractivity (Wildman–Crippen MR) is 76.6 cm³/mol. The summed E-state index contributed by atoms with van der Waals surface area (Å²) in [6.07, 6.45) is 4.71. The van der Waals surface area contributed by atoms with Crippen molar-refractivity contribution in [3.05, 3.63) is 35.9 Å². The van der Waals surface area contributed by atoms with Crippen LogP contribution in [0, 0.1) is 11.3 Å². The number of hydrogen-bond donors (Lipinski definition) is 0. The SMILES string of the molecule is C[C@@H](c1ccccc1)N1CC(C2(C)CCC2)CC1=O. The van der Waals surface area contributed by atoms with E-state index in [1.807, 2.05) is 6.07 Å². The molecule has 1 amide bonds. The molecule has 1 aliphatic heterocycles. The molecule has 2 nitrogen and oxygen atoms in total. The molecule has 1 aromatic rings. The normalized spacial score (nSPS) is 27.2. The third-order valence-corrected chi connectivity index (χ3v) is 5.39. The first kappa shape index (κ1) is 12.7. The number of rotatable bonds is 3. The minimum absolute atomic E-state index is 0.211. The van der Waals surface area contributed by atoms with E-state index >= 15 is 0 Å². The van der Waals surface area contributed by atoms with E-state index in [0.717, 1.165) is 13.0 Å². The Labute approximate surface area is 115 Å². The van der Waals surface area contributed by atoms with Crippen LogP contribution >= 0.6 is 0 Å². The standard InChI is InChI=1S/C17H23NO/c1-13(14-7-4-3-5-8-14)18-12-15(11-16(18)19)17(2)9-6-10-17/h3-5,7-8,13,15H,6,9-12H2,1-2H3/t13-,15?/m0/s1. The Hall–Kier alpha value is -1.31. The van der Waals surface area contributed by atoms with E-state index in [2.05, 4.69) is 43.0 Å². The number of amides is 1. The molecule has 0 bridgehead atoms. The quantitative estimate of drug-likeness (QED) is 0.807. The first-order valence-electron chi connectivity index (χ1n) is 7.44. The van der Waals surface area contributed by atoms with Gasteiger partial charge in [-0.25, -0.2) is 0 Å². The minimum Gasteiger partial charge on any atom is -0.336 e. The number of carbonyl (C=O) groups excluding carboxylic acids is 1. The molecule has 102 valence electrons. The van der Waals surface area contributed by atoms with Crippen molar-refractivity contribution in [2.45, 2.75) is 45.6 Å². The fraction of sp³-hybridized carbons (Fsp3) is 0.588. The lowest BCUT2D eigenvalue weighted by Crippen LogP contribution is -2.36. The molecule has 1 aliphatic carbocycles. The van der Waals surface area contributed by atoms with Crippen LogP contribution in [0.1, 0.15) is 51.1 Å². The summed E-state index contributed by atoms with van der Waals surface area (Å²) in [5.74, 6) is 0.911. The second-order valence-electron chi connectivity index (χ2n) is 6.54. The molecule has 2 aliphatic rings. The van der Waals surface area contributed by atoms with Gasteiger partial charge in [0.25, 0.3) is 0 Å². The molecule has 1 saturated heterocycles. The van der Waals surface area contributed by atoms with E-state index in [1.165, 1.54) is 24.8 Å². The zero-order valence-electron chi connectivity index (χ0n) is 11.9. The van der Waals surface area contributed by atoms with Crippen LogP contribution in [-0.2, 0) is 4.79 Å². The van der Waals surface area contributed by atoms with E-state index in [-0.39, 0.29) is 6.04 Å². The van der Waals surface area contributed by atoms with Gasteiger partial charge in [-0.3, -0.25) is 4.79 Å². The smallest absolute Gasteiger partial charge is 0.223 e. The van der Waals surface area contributed by atoms with Crippen LogP contribution in [-0.4, -0.2) is 17.4 Å². The highest BCUT2D eigenvalue weighted by Gasteiger charge is 2.46. The molecule has 19 heavy (non-hydrogen) atoms. The summed E-state index contributed by atoms with van der Waals surface area (Å²) >= 11 is 0. The highest BCUT2D eigenvalue weighted by molar-refractivity contribution is 5.79. The molecule has 2 heteroatoms. The molecule has 0 aromatic heterocycles. The molecule has 0 spiro atoms. The first-order chi connectivity index (χ1) is 9.10. The van der Waals surface area contributed by atoms with Gasteiger partial charge < -0.3 is 4.90 Å². The van der Waals surface area contributed by atoms with Crippen molar-refractivity contribution in [3.8, 4) is 0 Å². The molecular weight excluding hydrogens is 234 g/mol. The largest absolute Gasteiger partial charge is 0.336 e. The van der Waals surface area contributed by atoms with Gasteiger partial charge in [0.1, 0.15) is 0 Å². The van der Waals surface area contributed by atoms with E-state index in [4.69, 9.17) is 0 Å². The number of nitrogens with zero attached hydrogens (tertiary/aromatic N) is 1. The maximum absolute atomic E-state index is 12.3. The Morgan fingerprint density at radius 1 is 1.26 bits per heavy atom. The van der Waals surface area contributed by atoms with Crippen molar-refractivity contribution in [2.24, 2.45) is 11.3 Å². The summed E-state index contributed by atoms with van der Waals surface area (Å²) in [4.78, 5) is 14.4. The Kier molecular flexibility index (Phi) is 3.12. The Morgan fingerprint density at radius 3 is 2.53 bits per heavy atom. The average Bonchev–Trinajstić information content (AvgIpc) is 2.78. The second-order valence-corrected chi connectivity index (χ2v) is 6.54. The zero-order valence-corrected chi connectivity index (χ0v) is 11.9. The van der Waals surface area contributed by atoms with Gasteiger partial charge in [-0.1, -0.05) is 43.7 Å². The third kappa shape index (κ3) is 2.18. The topological polar surface area (TPSA) is 20.3 Å². The monoisotopic (exact) mass is 257 g/mol. The second kappa shape index (κ2) is 4.66. The van der Waals surface area contributed by atoms with Crippen molar-refractivity contribution in [1.29, 1.82) is 0 Å². The van der Waals surface area contributed by atoms with Gasteiger partial charge in [-0.05, 0) is 36.7 Å². The summed E-state index contributed by atoms with van der Waals surface area (Å²) in [7, 11) is 0. The Balaban J connectivity index is 1.74. The molecule has 2 fully saturated rings. The van der Waals surface area contributed by atoms with Crippen molar-refractivity contribution < 1.29 is 4.79 Å². The van der Waals surface area contributed by atoms with Crippen LogP contribution in [0.5, 0.6) is 0 Å². The van der Waals surface area contributed by atoms with Crippen LogP contribution in [0.15, 0.2) is 30.3 Å². The van der Waals surface area contributed by atoms with Gasteiger partial charge >= 0.3 is 0 Å². The van der Waals surface area contributed by atoms with E-state index in [1.54, 1.807) is 0 Å². The van der Waals surface area contributed by atoms with Crippen molar-refractivity contribution in [2.75, 3.05) is 6.54 Å². The summed E-state index contributed by atoms with van der Waals surface area (Å²) in [5, 5.41) is 0. The van der Waals surface area contributed by atoms with Gasteiger partial charge in [-0.15, -0.1) is 0 Å². The zero-order chi connectivity index (χ0) is 13.5. The lowest BCUT2D eigenvalue weighted by atomic mass is 9.62. The van der Waals surface area contributed by atoms with Gasteiger partial charge in [0.05, 0.1) is 6.04 Å². The lowest BCUT2D eigenvalue weighted by Gasteiger charge is -2.43. The van der Waals surface area contributed by atoms with Crippen molar-refractivity contribution >= 4 is 5.91 Å². The van der Waals surface area contributed by atoms with Crippen molar-refractivity contribution in [1.82, 2.24) is 4.90 Å². The maximum Gasteiger partial charge on any atom is 0.223 e. The van der Waals surface area contributed by atoms with Crippen LogP contribution in [0.4, 0.5) is 0 Å². The van der Waals surface area contributed by atoms with Crippen LogP contribution in [0.25, 0.3) is 0 Å². The Bertz CT molecular complexity index is 463. The number of carbonyl (C=O) groups is 1. The van der Waals surface area contributed by atoms with E-state index < -0.39 is 0 Å². The summed E-state index contributed by atoms with van der Waals surface area (Å²) in [6, 6.07) is 10.6. The molecule has 1 heterocycles. The van der Waals surface area contributed by atoms with Gasteiger partial charge in [0, 0.05) is 13.0 Å². The predicted octanol–water partition coefficient (Wildman–Crippen LogP) is 3.79. The molecule has 1 unspecified atom stereocenters. The number of hydrogen-bond acceptors (Lipinski definition) is 1. The first-order valence-corrected chi connectivity index (χ1v) is 7.44. The fourth-order valence-corrected chi connectivity index (χ4v) is 3.63. The molecular formula is C17H23NO. The molecule has 1 aromatic carbocycles. The van der Waals surface area contributed by atoms with E-state index in [9.17, 15) is 4.79 Å². The summed E-state index contributed by atoms with van der Waals surface area (Å²) in [6.45, 7) is 5.47. The summed E-state index contributed by atoms with van der Waals surface area (Å²) < 4.78 is 0. The number of benzene rings is 1. The molecule has 1 saturated carbocycles. The van der Waals surface area contributed by atoms with Crippen molar-refractivity contribution in [3.63, 3.8) is 0 Å². The van der Waals surface area contributed by atoms with Crippen LogP contribution in [0.2, 0.25) is 0 Å². The molecule has 3 rings (SSSR count). The van der Waals surface area contributed by atoms with Gasteiger partial charge in [-0.2, -0.15) is 0 Å². The highest BCUT2D eigenvalue weighted by Crippen LogP contribution is 2.50. The van der Waals surface area contributed by atoms with Gasteiger partial charge in [0.15, 0.2) is 0 Å². The van der Waals surface area contributed by atoms with Crippen LogP contribution in [0.3, 0.4) is 0 Å². The highest BCUT2D eigenvalue weighted by atomic mass is 16.2. The lowest BCUT2D eigenvalue weighted by molar-refractivity contribution is -0.129. The minimum atomic E-state index is 0.211. The fourth-order valence-electron chi connectivity index (χ4n) is 3.63. The summed E-state index contributed by atoms with van der Waals surface area (Å²) in [5.41, 5.74) is 1.68. The van der Waals surface area contributed by atoms with Gasteiger partial charge in [0.2, 0.25) is 5.91 Å².